The molecule has 4 heteroatoms. The van der Waals surface area contributed by atoms with Crippen molar-refractivity contribution in [2.75, 3.05) is 26.4 Å². The fraction of sp³-hybridized carbons (Fsp3) is 0.533. The first-order valence-corrected chi connectivity index (χ1v) is 13.1. The summed E-state index contributed by atoms with van der Waals surface area (Å²) in [6, 6.07) is 15.5. The molecule has 182 valence electrons. The van der Waals surface area contributed by atoms with Crippen LogP contribution >= 0.6 is 0 Å². The van der Waals surface area contributed by atoms with Crippen molar-refractivity contribution in [2.45, 2.75) is 75.9 Å². The Balaban J connectivity index is 1.26. The normalized spacial score (nSPS) is 26.2. The zero-order valence-electron chi connectivity index (χ0n) is 20.6. The van der Waals surface area contributed by atoms with Crippen LogP contribution in [-0.2, 0) is 9.47 Å². The third-order valence-corrected chi connectivity index (χ3v) is 7.37. The van der Waals surface area contributed by atoms with Gasteiger partial charge in [0.2, 0.25) is 0 Å². The lowest BCUT2D eigenvalue weighted by atomic mass is 9.80. The van der Waals surface area contributed by atoms with Crippen molar-refractivity contribution < 1.29 is 18.9 Å². The molecule has 0 saturated carbocycles. The van der Waals surface area contributed by atoms with Gasteiger partial charge in [-0.25, -0.2) is 0 Å². The van der Waals surface area contributed by atoms with Gasteiger partial charge in [0.25, 0.3) is 0 Å². The van der Waals surface area contributed by atoms with E-state index in [9.17, 15) is 0 Å². The van der Waals surface area contributed by atoms with Crippen LogP contribution in [0.2, 0.25) is 0 Å². The van der Waals surface area contributed by atoms with Gasteiger partial charge in [0.05, 0.1) is 13.2 Å². The second kappa shape index (κ2) is 11.0. The fourth-order valence-electron chi connectivity index (χ4n) is 5.06. The van der Waals surface area contributed by atoms with E-state index in [1.165, 1.54) is 36.0 Å². The Hall–Kier alpha value is -2.30. The van der Waals surface area contributed by atoms with E-state index in [0.717, 1.165) is 37.6 Å². The molecule has 34 heavy (non-hydrogen) atoms. The van der Waals surface area contributed by atoms with E-state index in [2.05, 4.69) is 68.5 Å². The van der Waals surface area contributed by atoms with Crippen LogP contribution in [0.4, 0.5) is 0 Å². The molecule has 2 aromatic carbocycles. The maximum absolute atomic E-state index is 6.19. The maximum atomic E-state index is 6.19. The van der Waals surface area contributed by atoms with Gasteiger partial charge in [0.1, 0.15) is 36.9 Å². The molecular formula is C30H38O4. The summed E-state index contributed by atoms with van der Waals surface area (Å²) in [6.45, 7) is 7.55. The van der Waals surface area contributed by atoms with Crippen molar-refractivity contribution in [3.05, 3.63) is 71.3 Å². The molecule has 0 amide bonds. The number of epoxide rings is 2. The third-order valence-electron chi connectivity index (χ3n) is 7.37. The molecule has 0 bridgehead atoms. The molecule has 2 aliphatic heterocycles. The standard InChI is InChI=1S/C30H38O4/c1-3-5-21(4-2)29-16-25(12-15-30(29)34-20-28-19-33-28)24-8-6-22(7-9-24)23-10-13-26(14-11-23)31-17-27-18-32-27/h6,8,10-16,21-22,24,27-28H,3-5,7,9,17-20H2,1-2H3. The van der Waals surface area contributed by atoms with Crippen LogP contribution in [0.25, 0.3) is 0 Å². The van der Waals surface area contributed by atoms with Gasteiger partial charge in [-0.15, -0.1) is 0 Å². The van der Waals surface area contributed by atoms with Crippen LogP contribution in [-0.4, -0.2) is 38.6 Å². The topological polar surface area (TPSA) is 43.5 Å². The predicted octanol–water partition coefficient (Wildman–Crippen LogP) is 6.75. The van der Waals surface area contributed by atoms with Gasteiger partial charge in [-0.3, -0.25) is 0 Å². The highest BCUT2D eigenvalue weighted by molar-refractivity contribution is 5.43. The lowest BCUT2D eigenvalue weighted by Gasteiger charge is -2.26. The molecule has 3 aliphatic rings. The first-order chi connectivity index (χ1) is 16.7. The lowest BCUT2D eigenvalue weighted by Crippen LogP contribution is -2.10. The quantitative estimate of drug-likeness (QED) is 0.258. The number of rotatable bonds is 12. The summed E-state index contributed by atoms with van der Waals surface area (Å²) in [4.78, 5) is 0. The molecule has 0 N–H and O–H groups in total. The highest BCUT2D eigenvalue weighted by Crippen LogP contribution is 2.40. The highest BCUT2D eigenvalue weighted by Gasteiger charge is 2.26. The molecule has 2 fully saturated rings. The number of ether oxygens (including phenoxy) is 4. The van der Waals surface area contributed by atoms with Crippen molar-refractivity contribution in [2.24, 2.45) is 0 Å². The average Bonchev–Trinajstić information content (AvgIpc) is 3.81. The SMILES string of the molecule is CCCC(CC)c1cc(C2C=CC(c3ccc(OCC4CO4)cc3)CC2)ccc1OCC1CO1. The summed E-state index contributed by atoms with van der Waals surface area (Å²) in [5, 5.41) is 0. The molecule has 2 saturated heterocycles. The van der Waals surface area contributed by atoms with E-state index in [1.807, 2.05) is 0 Å². The molecule has 0 spiro atoms. The zero-order valence-corrected chi connectivity index (χ0v) is 20.6. The molecule has 0 radical (unpaired) electrons. The molecule has 1 aliphatic carbocycles. The summed E-state index contributed by atoms with van der Waals surface area (Å²) in [6.07, 6.45) is 11.3. The lowest BCUT2D eigenvalue weighted by molar-refractivity contribution is 0.259. The van der Waals surface area contributed by atoms with E-state index < -0.39 is 0 Å². The van der Waals surface area contributed by atoms with Crippen LogP contribution in [0.3, 0.4) is 0 Å². The van der Waals surface area contributed by atoms with Gasteiger partial charge in [0.15, 0.2) is 0 Å². The van der Waals surface area contributed by atoms with E-state index >= 15 is 0 Å². The number of hydrogen-bond donors (Lipinski definition) is 0. The second-order valence-corrected chi connectivity index (χ2v) is 9.97. The summed E-state index contributed by atoms with van der Waals surface area (Å²) >= 11 is 0. The zero-order chi connectivity index (χ0) is 23.3. The van der Waals surface area contributed by atoms with Gasteiger partial charge >= 0.3 is 0 Å². The first kappa shape index (κ1) is 23.4. The fourth-order valence-corrected chi connectivity index (χ4v) is 5.06. The minimum Gasteiger partial charge on any atom is -0.491 e. The minimum atomic E-state index is 0.282. The predicted molar refractivity (Wildman–Crippen MR) is 135 cm³/mol. The third kappa shape index (κ3) is 6.03. The Morgan fingerprint density at radius 1 is 0.824 bits per heavy atom. The van der Waals surface area contributed by atoms with E-state index in [-0.39, 0.29) is 6.10 Å². The molecule has 5 rings (SSSR count). The van der Waals surface area contributed by atoms with Gasteiger partial charge < -0.3 is 18.9 Å². The Morgan fingerprint density at radius 2 is 1.44 bits per heavy atom. The summed E-state index contributed by atoms with van der Waals surface area (Å²) < 4.78 is 22.6. The Morgan fingerprint density at radius 3 is 2.03 bits per heavy atom. The van der Waals surface area contributed by atoms with Crippen LogP contribution in [0, 0.1) is 0 Å². The van der Waals surface area contributed by atoms with Gasteiger partial charge in [-0.2, -0.15) is 0 Å². The first-order valence-electron chi connectivity index (χ1n) is 13.1. The van der Waals surface area contributed by atoms with Gasteiger partial charge in [-0.05, 0) is 66.5 Å². The Bertz CT molecular complexity index is 958. The summed E-state index contributed by atoms with van der Waals surface area (Å²) in [5.41, 5.74) is 4.16. The van der Waals surface area contributed by atoms with E-state index in [0.29, 0.717) is 37.1 Å². The highest BCUT2D eigenvalue weighted by atomic mass is 16.6. The summed E-state index contributed by atoms with van der Waals surface area (Å²) in [5.74, 6) is 3.47. The van der Waals surface area contributed by atoms with E-state index in [1.54, 1.807) is 0 Å². The number of allylic oxidation sites excluding steroid dienone is 2. The summed E-state index contributed by atoms with van der Waals surface area (Å²) in [7, 11) is 0. The average molecular weight is 463 g/mol. The van der Waals surface area contributed by atoms with E-state index in [4.69, 9.17) is 18.9 Å². The van der Waals surface area contributed by atoms with Crippen molar-refractivity contribution in [3.8, 4) is 11.5 Å². The molecule has 5 atom stereocenters. The molecule has 4 nitrogen and oxygen atoms in total. The minimum absolute atomic E-state index is 0.282. The van der Waals surface area contributed by atoms with Crippen molar-refractivity contribution in [1.82, 2.24) is 0 Å². The van der Waals surface area contributed by atoms with Crippen LogP contribution in [0.5, 0.6) is 11.5 Å². The molecule has 2 aromatic rings. The second-order valence-electron chi connectivity index (χ2n) is 9.97. The van der Waals surface area contributed by atoms with Gasteiger partial charge in [0, 0.05) is 11.8 Å². The molecule has 5 unspecified atom stereocenters. The van der Waals surface area contributed by atoms with Gasteiger partial charge in [-0.1, -0.05) is 56.7 Å². The maximum Gasteiger partial charge on any atom is 0.122 e. The molecule has 2 heterocycles. The van der Waals surface area contributed by atoms with Crippen LogP contribution in [0.15, 0.2) is 54.6 Å². The van der Waals surface area contributed by atoms with Crippen LogP contribution < -0.4 is 9.47 Å². The molecule has 0 aromatic heterocycles. The smallest absolute Gasteiger partial charge is 0.122 e. The molecular weight excluding hydrogens is 424 g/mol. The van der Waals surface area contributed by atoms with Crippen molar-refractivity contribution >= 4 is 0 Å². The number of hydrogen-bond acceptors (Lipinski definition) is 4. The monoisotopic (exact) mass is 462 g/mol. The largest absolute Gasteiger partial charge is 0.491 e. The Kier molecular flexibility index (Phi) is 7.56. The Labute approximate surface area is 204 Å². The van der Waals surface area contributed by atoms with Crippen molar-refractivity contribution in [1.29, 1.82) is 0 Å². The van der Waals surface area contributed by atoms with Crippen molar-refractivity contribution in [3.63, 3.8) is 0 Å². The number of benzene rings is 2. The van der Waals surface area contributed by atoms with Crippen LogP contribution in [0.1, 0.15) is 80.4 Å².